The summed E-state index contributed by atoms with van der Waals surface area (Å²) < 4.78 is 16.5. The van der Waals surface area contributed by atoms with Gasteiger partial charge in [-0.3, -0.25) is 0 Å². The Hall–Kier alpha value is -0.580. The molecule has 0 radical (unpaired) electrons. The van der Waals surface area contributed by atoms with Crippen molar-refractivity contribution in [2.45, 2.75) is 18.4 Å². The van der Waals surface area contributed by atoms with Crippen LogP contribution >= 0.6 is 0 Å². The highest BCUT2D eigenvalue weighted by molar-refractivity contribution is 5.11. The van der Waals surface area contributed by atoms with Gasteiger partial charge in [-0.15, -0.1) is 0 Å². The number of hydrogen-bond acceptors (Lipinski definition) is 4. The summed E-state index contributed by atoms with van der Waals surface area (Å²) in [6.07, 6.45) is 3.33. The molecule has 15 heavy (non-hydrogen) atoms. The number of aliphatic hydroxyl groups excluding tert-OH is 1. The van der Waals surface area contributed by atoms with Crippen molar-refractivity contribution in [2.24, 2.45) is 5.41 Å². The fraction of sp³-hybridized carbons (Fsp3) is 0.818. The van der Waals surface area contributed by atoms with Crippen LogP contribution in [-0.2, 0) is 14.2 Å². The monoisotopic (exact) mass is 214 g/mol. The Morgan fingerprint density at radius 1 is 1.27 bits per heavy atom. The topological polar surface area (TPSA) is 47.9 Å². The van der Waals surface area contributed by atoms with Gasteiger partial charge in [-0.1, -0.05) is 6.58 Å². The van der Waals surface area contributed by atoms with Crippen molar-refractivity contribution < 1.29 is 19.3 Å². The van der Waals surface area contributed by atoms with E-state index in [0.29, 0.717) is 26.4 Å². The summed E-state index contributed by atoms with van der Waals surface area (Å²) in [6.45, 7) is 5.79. The molecule has 0 aromatic carbocycles. The first kappa shape index (κ1) is 10.9. The largest absolute Gasteiger partial charge is 0.495 e. The lowest BCUT2D eigenvalue weighted by molar-refractivity contribution is -0.103. The summed E-state index contributed by atoms with van der Waals surface area (Å²) in [5, 5.41) is 9.59. The first-order valence-corrected chi connectivity index (χ1v) is 5.34. The molecule has 0 atom stereocenters. The zero-order chi connectivity index (χ0) is 10.8. The van der Waals surface area contributed by atoms with Gasteiger partial charge in [0.05, 0.1) is 44.7 Å². The predicted octanol–water partition coefficient (Wildman–Crippen LogP) is 0.705. The Morgan fingerprint density at radius 2 is 1.87 bits per heavy atom. The fourth-order valence-electron chi connectivity index (χ4n) is 2.24. The molecule has 1 saturated heterocycles. The third-order valence-corrected chi connectivity index (χ3v) is 3.41. The molecule has 86 valence electrons. The molecule has 0 aromatic heterocycles. The van der Waals surface area contributed by atoms with Crippen LogP contribution in [-0.4, -0.2) is 43.7 Å². The third-order valence-electron chi connectivity index (χ3n) is 3.41. The molecule has 1 N–H and O–H groups in total. The van der Waals surface area contributed by atoms with E-state index >= 15 is 0 Å². The van der Waals surface area contributed by atoms with Gasteiger partial charge in [0.25, 0.3) is 0 Å². The van der Waals surface area contributed by atoms with E-state index in [1.165, 1.54) is 6.26 Å². The van der Waals surface area contributed by atoms with Crippen LogP contribution in [0, 0.1) is 5.41 Å². The Kier molecular flexibility index (Phi) is 3.00. The van der Waals surface area contributed by atoms with Gasteiger partial charge < -0.3 is 19.3 Å². The van der Waals surface area contributed by atoms with E-state index in [9.17, 15) is 5.11 Å². The number of rotatable bonds is 4. The molecule has 2 fully saturated rings. The smallest absolute Gasteiger partial charge is 0.121 e. The summed E-state index contributed by atoms with van der Waals surface area (Å²) in [6, 6.07) is 0. The average Bonchev–Trinajstić information content (AvgIpc) is 3.02. The molecule has 0 bridgehead atoms. The normalized spacial score (nSPS) is 27.8. The van der Waals surface area contributed by atoms with Crippen LogP contribution in [0.3, 0.4) is 0 Å². The van der Waals surface area contributed by atoms with Crippen LogP contribution in [0.1, 0.15) is 12.8 Å². The molecule has 2 rings (SSSR count). The van der Waals surface area contributed by atoms with Crippen molar-refractivity contribution in [2.75, 3.05) is 33.0 Å². The summed E-state index contributed by atoms with van der Waals surface area (Å²) >= 11 is 0. The van der Waals surface area contributed by atoms with E-state index in [-0.39, 0.29) is 12.2 Å². The van der Waals surface area contributed by atoms with Gasteiger partial charge in [0, 0.05) is 0 Å². The molecule has 1 heterocycles. The van der Waals surface area contributed by atoms with Crippen molar-refractivity contribution in [1.82, 2.24) is 0 Å². The molecule has 1 saturated carbocycles. The maximum absolute atomic E-state index is 9.59. The van der Waals surface area contributed by atoms with E-state index in [1.54, 1.807) is 0 Å². The van der Waals surface area contributed by atoms with E-state index in [2.05, 4.69) is 6.58 Å². The lowest BCUT2D eigenvalue weighted by Gasteiger charge is -2.37. The second-order valence-corrected chi connectivity index (χ2v) is 4.32. The molecule has 1 aliphatic carbocycles. The predicted molar refractivity (Wildman–Crippen MR) is 54.4 cm³/mol. The molecule has 0 unspecified atom stereocenters. The first-order chi connectivity index (χ1) is 7.29. The fourth-order valence-corrected chi connectivity index (χ4v) is 2.24. The minimum atomic E-state index is -0.419. The molecule has 0 spiro atoms. The molecule has 2 aliphatic rings. The van der Waals surface area contributed by atoms with Crippen LogP contribution in [0.25, 0.3) is 0 Å². The maximum atomic E-state index is 9.59. The summed E-state index contributed by atoms with van der Waals surface area (Å²) in [7, 11) is 0. The van der Waals surface area contributed by atoms with Crippen LogP contribution in [0.2, 0.25) is 0 Å². The lowest BCUT2D eigenvalue weighted by atomic mass is 9.82. The van der Waals surface area contributed by atoms with Gasteiger partial charge in [0.15, 0.2) is 0 Å². The van der Waals surface area contributed by atoms with Gasteiger partial charge in [-0.25, -0.2) is 0 Å². The number of hydrogen-bond donors (Lipinski definition) is 1. The maximum Gasteiger partial charge on any atom is 0.121 e. The molecular formula is C11H18O4. The van der Waals surface area contributed by atoms with Crippen molar-refractivity contribution in [3.63, 3.8) is 0 Å². The molecule has 1 aliphatic heterocycles. The van der Waals surface area contributed by atoms with Gasteiger partial charge in [-0.2, -0.15) is 0 Å². The van der Waals surface area contributed by atoms with E-state index in [4.69, 9.17) is 14.2 Å². The van der Waals surface area contributed by atoms with E-state index in [0.717, 1.165) is 12.8 Å². The zero-order valence-corrected chi connectivity index (χ0v) is 8.91. The van der Waals surface area contributed by atoms with Gasteiger partial charge in [0.2, 0.25) is 0 Å². The van der Waals surface area contributed by atoms with Gasteiger partial charge in [0.1, 0.15) is 5.60 Å². The lowest BCUT2D eigenvalue weighted by Crippen LogP contribution is -2.48. The second kappa shape index (κ2) is 4.12. The first-order valence-electron chi connectivity index (χ1n) is 5.34. The molecule has 0 aromatic rings. The molecule has 4 heteroatoms. The van der Waals surface area contributed by atoms with Crippen molar-refractivity contribution in [3.8, 4) is 0 Å². The van der Waals surface area contributed by atoms with Crippen LogP contribution in [0.4, 0.5) is 0 Å². The Morgan fingerprint density at radius 3 is 2.27 bits per heavy atom. The number of aliphatic hydroxyl groups is 1. The second-order valence-electron chi connectivity index (χ2n) is 4.32. The minimum absolute atomic E-state index is 0.0286. The summed E-state index contributed by atoms with van der Waals surface area (Å²) in [4.78, 5) is 0. The van der Waals surface area contributed by atoms with Crippen molar-refractivity contribution >= 4 is 0 Å². The Balaban J connectivity index is 2.15. The standard InChI is InChI=1S/C11H18O4/c1-2-15-11(3-4-11)10(7-12)8-13-5-6-14-9-10/h2,12H,1,3-9H2. The number of ether oxygens (including phenoxy) is 3. The summed E-state index contributed by atoms with van der Waals surface area (Å²) in [5.74, 6) is 0. The zero-order valence-electron chi connectivity index (χ0n) is 8.91. The highest BCUT2D eigenvalue weighted by atomic mass is 16.5. The third kappa shape index (κ3) is 1.77. The highest BCUT2D eigenvalue weighted by Gasteiger charge is 2.62. The summed E-state index contributed by atoms with van der Waals surface area (Å²) in [5.41, 5.74) is -0.731. The van der Waals surface area contributed by atoms with Crippen LogP contribution in [0.15, 0.2) is 12.8 Å². The molecule has 0 amide bonds. The Bertz CT molecular complexity index is 227. The Labute approximate surface area is 89.8 Å². The van der Waals surface area contributed by atoms with E-state index in [1.807, 2.05) is 0 Å². The van der Waals surface area contributed by atoms with Crippen LogP contribution in [0.5, 0.6) is 0 Å². The van der Waals surface area contributed by atoms with Crippen molar-refractivity contribution in [1.29, 1.82) is 0 Å². The van der Waals surface area contributed by atoms with Gasteiger partial charge in [-0.05, 0) is 12.8 Å². The van der Waals surface area contributed by atoms with Crippen molar-refractivity contribution in [3.05, 3.63) is 12.8 Å². The average molecular weight is 214 g/mol. The highest BCUT2D eigenvalue weighted by Crippen LogP contribution is 2.54. The van der Waals surface area contributed by atoms with Gasteiger partial charge >= 0.3 is 0 Å². The molecule has 4 nitrogen and oxygen atoms in total. The molecular weight excluding hydrogens is 196 g/mol. The van der Waals surface area contributed by atoms with E-state index < -0.39 is 5.41 Å². The van der Waals surface area contributed by atoms with Crippen LogP contribution < -0.4 is 0 Å². The quantitative estimate of drug-likeness (QED) is 0.700. The SMILES string of the molecule is C=COC1(C2(CO)COCCOC2)CC1. The minimum Gasteiger partial charge on any atom is -0.495 e.